The third-order valence-corrected chi connectivity index (χ3v) is 7.92. The third kappa shape index (κ3) is 4.68. The molecule has 1 aliphatic carbocycles. The lowest BCUT2D eigenvalue weighted by Gasteiger charge is -2.44. The van der Waals surface area contributed by atoms with E-state index in [2.05, 4.69) is 46.8 Å². The van der Waals surface area contributed by atoms with Gasteiger partial charge in [-0.3, -0.25) is 4.98 Å². The fourth-order valence-corrected chi connectivity index (χ4v) is 5.41. The predicted octanol–water partition coefficient (Wildman–Crippen LogP) is 6.65. The second-order valence-electron chi connectivity index (χ2n) is 11.4. The summed E-state index contributed by atoms with van der Waals surface area (Å²) < 4.78 is 12.9. The van der Waals surface area contributed by atoms with Gasteiger partial charge in [0, 0.05) is 24.6 Å². The molecule has 0 amide bonds. The first kappa shape index (κ1) is 25.6. The average Bonchev–Trinajstić information content (AvgIpc) is 2.85. The molecule has 0 spiro atoms. The predicted molar refractivity (Wildman–Crippen MR) is 139 cm³/mol. The van der Waals surface area contributed by atoms with E-state index in [1.54, 1.807) is 6.20 Å². The monoisotopic (exact) mass is 477 g/mol. The molecule has 4 rings (SSSR count). The highest BCUT2D eigenvalue weighted by molar-refractivity contribution is 5.65. The largest absolute Gasteiger partial charge is 0.512 e. The zero-order valence-corrected chi connectivity index (χ0v) is 22.0. The summed E-state index contributed by atoms with van der Waals surface area (Å²) >= 11 is 0. The number of aliphatic hydroxyl groups excluding tert-OH is 1. The molecule has 2 aliphatic rings. The maximum Gasteiger partial charge on any atom is 0.240 e. The summed E-state index contributed by atoms with van der Waals surface area (Å²) in [5, 5.41) is 10.3. The van der Waals surface area contributed by atoms with Crippen LogP contribution in [0.5, 0.6) is 0 Å². The quantitative estimate of drug-likeness (QED) is 0.373. The van der Waals surface area contributed by atoms with Gasteiger partial charge in [-0.05, 0) is 83.9 Å². The summed E-state index contributed by atoms with van der Waals surface area (Å²) in [7, 11) is 0. The molecule has 0 saturated carbocycles. The number of ether oxygens (including phenoxy) is 2. The molecule has 1 saturated heterocycles. The summed E-state index contributed by atoms with van der Waals surface area (Å²) in [6, 6.07) is 8.52. The van der Waals surface area contributed by atoms with Crippen LogP contribution in [0.4, 0.5) is 0 Å². The number of pyridine rings is 1. The van der Waals surface area contributed by atoms with Crippen molar-refractivity contribution in [2.45, 2.75) is 90.3 Å². The van der Waals surface area contributed by atoms with E-state index < -0.39 is 5.79 Å². The Morgan fingerprint density at radius 2 is 1.66 bits per heavy atom. The number of benzene rings is 1. The first-order valence-corrected chi connectivity index (χ1v) is 12.7. The van der Waals surface area contributed by atoms with E-state index in [9.17, 15) is 9.90 Å². The van der Waals surface area contributed by atoms with Crippen LogP contribution in [0, 0.1) is 6.92 Å². The smallest absolute Gasteiger partial charge is 0.240 e. The molecule has 0 atom stereocenters. The second-order valence-corrected chi connectivity index (χ2v) is 11.4. The van der Waals surface area contributed by atoms with Gasteiger partial charge < -0.3 is 19.4 Å². The van der Waals surface area contributed by atoms with Crippen LogP contribution in [0.1, 0.15) is 100 Å². The minimum Gasteiger partial charge on any atom is -0.512 e. The molecule has 1 aliphatic heterocycles. The molecule has 1 N–H and O–H groups in total. The maximum atomic E-state index is 10.7. The number of nitrogens with zero attached hydrogens (tertiary/aromatic N) is 1. The number of aldehydes is 1. The first-order chi connectivity index (χ1) is 16.5. The van der Waals surface area contributed by atoms with Crippen molar-refractivity contribution in [3.8, 4) is 0 Å². The molecule has 2 aromatic rings. The van der Waals surface area contributed by atoms with E-state index in [1.807, 2.05) is 19.1 Å². The van der Waals surface area contributed by atoms with Gasteiger partial charge in [0.15, 0.2) is 0 Å². The topological polar surface area (TPSA) is 68.7 Å². The van der Waals surface area contributed by atoms with Crippen molar-refractivity contribution in [3.05, 3.63) is 69.7 Å². The van der Waals surface area contributed by atoms with Crippen LogP contribution in [-0.4, -0.2) is 29.6 Å². The summed E-state index contributed by atoms with van der Waals surface area (Å²) in [6.45, 7) is 14.5. The van der Waals surface area contributed by atoms with E-state index >= 15 is 0 Å². The van der Waals surface area contributed by atoms with Gasteiger partial charge in [-0.1, -0.05) is 39.8 Å². The number of aliphatic hydroxyl groups is 1. The molecular formula is C30H39NO4. The number of hydrogen-bond acceptors (Lipinski definition) is 5. The summed E-state index contributed by atoms with van der Waals surface area (Å²) in [5.41, 5.74) is 7.38. The number of carbonyl (C=O) groups is 1. The number of aryl methyl sites for hydroxylation is 1. The van der Waals surface area contributed by atoms with Crippen molar-refractivity contribution in [3.63, 3.8) is 0 Å². The Kier molecular flexibility index (Phi) is 6.96. The third-order valence-electron chi connectivity index (χ3n) is 7.92. The molecule has 35 heavy (non-hydrogen) atoms. The van der Waals surface area contributed by atoms with Crippen molar-refractivity contribution in [1.82, 2.24) is 4.98 Å². The molecule has 1 fully saturated rings. The Bertz CT molecular complexity index is 1120. The molecule has 2 heterocycles. The molecule has 1 aromatic heterocycles. The Morgan fingerprint density at radius 1 is 1.03 bits per heavy atom. The van der Waals surface area contributed by atoms with Gasteiger partial charge in [0.05, 0.1) is 19.0 Å². The van der Waals surface area contributed by atoms with Crippen LogP contribution in [0.25, 0.3) is 5.57 Å². The first-order valence-electron chi connectivity index (χ1n) is 12.7. The van der Waals surface area contributed by atoms with Gasteiger partial charge in [-0.15, -0.1) is 0 Å². The number of fused-ring (bicyclic) bond motifs is 1. The second kappa shape index (κ2) is 9.51. The Balaban J connectivity index is 1.81. The summed E-state index contributed by atoms with van der Waals surface area (Å²) in [4.78, 5) is 15.5. The Morgan fingerprint density at radius 3 is 2.23 bits per heavy atom. The van der Waals surface area contributed by atoms with E-state index in [4.69, 9.17) is 14.5 Å². The maximum absolute atomic E-state index is 10.7. The van der Waals surface area contributed by atoms with E-state index in [0.717, 1.165) is 41.4 Å². The normalized spacial score (nSPS) is 21.1. The lowest BCUT2D eigenvalue weighted by molar-refractivity contribution is -0.251. The fraction of sp³-hybridized carbons (Fsp3) is 0.533. The molecule has 0 unspecified atom stereocenters. The molecule has 5 heteroatoms. The SMILES string of the molecule is C/C(=C(/O)CCC=O)c1ccc(C2(c3cc4c(cc3C)C(C)(C)CCC4(C)C)OCCCO2)nc1. The number of carbonyl (C=O) groups excluding carboxylic acids is 1. The number of hydrogen-bond donors (Lipinski definition) is 1. The minimum absolute atomic E-state index is 0.0708. The van der Waals surface area contributed by atoms with Crippen LogP contribution in [0.3, 0.4) is 0 Å². The van der Waals surface area contributed by atoms with Gasteiger partial charge in [0.2, 0.25) is 5.79 Å². The van der Waals surface area contributed by atoms with E-state index in [0.29, 0.717) is 31.7 Å². The van der Waals surface area contributed by atoms with Crippen molar-refractivity contribution >= 4 is 11.9 Å². The van der Waals surface area contributed by atoms with E-state index in [-0.39, 0.29) is 16.6 Å². The van der Waals surface area contributed by atoms with Gasteiger partial charge in [-0.2, -0.15) is 0 Å². The van der Waals surface area contributed by atoms with Crippen LogP contribution in [0.2, 0.25) is 0 Å². The lowest BCUT2D eigenvalue weighted by Crippen LogP contribution is -2.42. The molecule has 188 valence electrons. The standard InChI is InChI=1S/C30H39NO4/c1-20-17-24-25(29(5,6)13-12-28(24,3)4)18-23(20)30(34-15-8-16-35-30)27-11-10-22(19-31-27)21(2)26(33)9-7-14-32/h10-11,14,17-19,33H,7-9,12-13,15-16H2,1-6H3/b26-21-. The Labute approximate surface area is 209 Å². The van der Waals surface area contributed by atoms with Gasteiger partial charge >= 0.3 is 0 Å². The van der Waals surface area contributed by atoms with Crippen LogP contribution in [0.15, 0.2) is 36.2 Å². The van der Waals surface area contributed by atoms with Crippen molar-refractivity contribution in [2.75, 3.05) is 13.2 Å². The van der Waals surface area contributed by atoms with Crippen molar-refractivity contribution < 1.29 is 19.4 Å². The average molecular weight is 478 g/mol. The number of rotatable bonds is 6. The highest BCUT2D eigenvalue weighted by atomic mass is 16.7. The van der Waals surface area contributed by atoms with Crippen LogP contribution >= 0.6 is 0 Å². The summed E-state index contributed by atoms with van der Waals surface area (Å²) in [5.74, 6) is -0.855. The van der Waals surface area contributed by atoms with Crippen LogP contribution < -0.4 is 0 Å². The molecule has 5 nitrogen and oxygen atoms in total. The zero-order chi connectivity index (χ0) is 25.4. The van der Waals surface area contributed by atoms with Crippen molar-refractivity contribution in [2.24, 2.45) is 0 Å². The molecule has 0 radical (unpaired) electrons. The highest BCUT2D eigenvalue weighted by Gasteiger charge is 2.44. The number of aromatic nitrogens is 1. The minimum atomic E-state index is -1.06. The van der Waals surface area contributed by atoms with Gasteiger partial charge in [0.25, 0.3) is 0 Å². The van der Waals surface area contributed by atoms with Gasteiger partial charge in [-0.25, -0.2) is 0 Å². The van der Waals surface area contributed by atoms with Gasteiger partial charge in [0.1, 0.15) is 12.0 Å². The molecular weight excluding hydrogens is 438 g/mol. The molecule has 1 aromatic carbocycles. The summed E-state index contributed by atoms with van der Waals surface area (Å²) in [6.07, 6.45) is 6.34. The van der Waals surface area contributed by atoms with E-state index in [1.165, 1.54) is 17.5 Å². The molecule has 0 bridgehead atoms. The number of allylic oxidation sites excluding steroid dienone is 2. The van der Waals surface area contributed by atoms with Crippen molar-refractivity contribution in [1.29, 1.82) is 0 Å². The fourth-order valence-electron chi connectivity index (χ4n) is 5.41. The van der Waals surface area contributed by atoms with Crippen LogP contribution in [-0.2, 0) is 30.9 Å². The Hall–Kier alpha value is -2.50. The zero-order valence-electron chi connectivity index (χ0n) is 22.0. The lowest BCUT2D eigenvalue weighted by atomic mass is 9.62. The highest BCUT2D eigenvalue weighted by Crippen LogP contribution is 2.49.